The van der Waals surface area contributed by atoms with Crippen LogP contribution >= 0.6 is 11.6 Å². The van der Waals surface area contributed by atoms with Gasteiger partial charge in [-0.2, -0.15) is 0 Å². The highest BCUT2D eigenvalue weighted by atomic mass is 35.5. The van der Waals surface area contributed by atoms with Crippen molar-refractivity contribution in [1.29, 1.82) is 0 Å². The lowest BCUT2D eigenvalue weighted by molar-refractivity contribution is -0.384. The van der Waals surface area contributed by atoms with E-state index in [9.17, 15) is 19.7 Å². The van der Waals surface area contributed by atoms with Crippen LogP contribution in [0.25, 0.3) is 0 Å². The number of rotatable bonds is 7. The average molecular weight is 425 g/mol. The van der Waals surface area contributed by atoms with E-state index in [4.69, 9.17) is 11.6 Å². The van der Waals surface area contributed by atoms with Crippen molar-refractivity contribution in [3.63, 3.8) is 0 Å². The largest absolute Gasteiger partial charge is 0.374 e. The number of nitro groups is 1. The van der Waals surface area contributed by atoms with Gasteiger partial charge in [-0.05, 0) is 48.5 Å². The Morgan fingerprint density at radius 3 is 2.13 bits per heavy atom. The summed E-state index contributed by atoms with van der Waals surface area (Å²) in [6.07, 6.45) is 0. The Balaban J connectivity index is 1.60. The van der Waals surface area contributed by atoms with Crippen LogP contribution in [0.5, 0.6) is 0 Å². The molecular formula is C21H17ClN4O4. The van der Waals surface area contributed by atoms with E-state index in [1.807, 2.05) is 0 Å². The molecule has 30 heavy (non-hydrogen) atoms. The minimum absolute atomic E-state index is 0.0588. The van der Waals surface area contributed by atoms with Gasteiger partial charge in [0.1, 0.15) is 0 Å². The van der Waals surface area contributed by atoms with E-state index >= 15 is 0 Å². The average Bonchev–Trinajstić information content (AvgIpc) is 2.74. The number of nitro benzene ring substituents is 1. The van der Waals surface area contributed by atoms with Crippen LogP contribution in [-0.2, 0) is 4.79 Å². The third kappa shape index (κ3) is 5.55. The molecule has 2 amide bonds. The maximum absolute atomic E-state index is 12.4. The van der Waals surface area contributed by atoms with E-state index in [0.29, 0.717) is 27.6 Å². The molecule has 0 aromatic heterocycles. The van der Waals surface area contributed by atoms with Crippen molar-refractivity contribution >= 4 is 46.2 Å². The molecule has 3 N–H and O–H groups in total. The van der Waals surface area contributed by atoms with Gasteiger partial charge in [-0.1, -0.05) is 23.7 Å². The quantitative estimate of drug-likeness (QED) is 0.380. The molecule has 0 unspecified atom stereocenters. The first kappa shape index (κ1) is 20.8. The smallest absolute Gasteiger partial charge is 0.269 e. The van der Waals surface area contributed by atoms with E-state index in [2.05, 4.69) is 16.0 Å². The molecule has 0 bridgehead atoms. The summed E-state index contributed by atoms with van der Waals surface area (Å²) >= 11 is 5.84. The Labute approximate surface area is 177 Å². The lowest BCUT2D eigenvalue weighted by atomic mass is 10.2. The Hall–Kier alpha value is -3.91. The van der Waals surface area contributed by atoms with Crippen molar-refractivity contribution in [3.05, 3.63) is 93.5 Å². The van der Waals surface area contributed by atoms with Gasteiger partial charge in [0.05, 0.1) is 22.8 Å². The number of nitrogens with zero attached hydrogens (tertiary/aromatic N) is 1. The fourth-order valence-corrected chi connectivity index (χ4v) is 2.72. The number of hydrogen-bond donors (Lipinski definition) is 3. The summed E-state index contributed by atoms with van der Waals surface area (Å²) in [5, 5.41) is 19.6. The zero-order valence-corrected chi connectivity index (χ0v) is 16.3. The van der Waals surface area contributed by atoms with Crippen molar-refractivity contribution in [1.82, 2.24) is 0 Å². The van der Waals surface area contributed by atoms with Gasteiger partial charge < -0.3 is 16.0 Å². The zero-order chi connectivity index (χ0) is 21.5. The van der Waals surface area contributed by atoms with Gasteiger partial charge in [-0.3, -0.25) is 19.7 Å². The maximum atomic E-state index is 12.4. The van der Waals surface area contributed by atoms with Crippen LogP contribution in [0, 0.1) is 10.1 Å². The van der Waals surface area contributed by atoms with Gasteiger partial charge in [-0.15, -0.1) is 0 Å². The van der Waals surface area contributed by atoms with Gasteiger partial charge in [0.15, 0.2) is 0 Å². The zero-order valence-electron chi connectivity index (χ0n) is 15.6. The number of amides is 2. The van der Waals surface area contributed by atoms with Crippen LogP contribution < -0.4 is 16.0 Å². The van der Waals surface area contributed by atoms with E-state index in [0.717, 1.165) is 0 Å². The highest BCUT2D eigenvalue weighted by Crippen LogP contribution is 2.22. The number of carbonyl (C=O) groups is 2. The normalized spacial score (nSPS) is 10.2. The number of halogens is 1. The first-order valence-electron chi connectivity index (χ1n) is 8.86. The highest BCUT2D eigenvalue weighted by molar-refractivity contribution is 6.30. The van der Waals surface area contributed by atoms with Crippen molar-refractivity contribution in [2.75, 3.05) is 22.5 Å². The van der Waals surface area contributed by atoms with Gasteiger partial charge in [-0.25, -0.2) is 0 Å². The first-order chi connectivity index (χ1) is 14.4. The molecule has 0 radical (unpaired) electrons. The summed E-state index contributed by atoms with van der Waals surface area (Å²) in [7, 11) is 0. The van der Waals surface area contributed by atoms with Gasteiger partial charge in [0, 0.05) is 28.4 Å². The van der Waals surface area contributed by atoms with Crippen LogP contribution in [0.2, 0.25) is 5.02 Å². The summed E-state index contributed by atoms with van der Waals surface area (Å²) in [4.78, 5) is 34.8. The van der Waals surface area contributed by atoms with Crippen molar-refractivity contribution < 1.29 is 14.5 Å². The molecule has 0 aliphatic carbocycles. The number of nitrogens with one attached hydrogen (secondary N) is 3. The van der Waals surface area contributed by atoms with E-state index in [1.54, 1.807) is 48.5 Å². The molecule has 0 aliphatic heterocycles. The standard InChI is InChI=1S/C21H17ClN4O4/c22-15-7-5-14(6-8-15)21(28)25-19-4-2-1-3-18(19)23-13-20(27)24-16-9-11-17(12-10-16)26(29)30/h1-12,23H,13H2,(H,24,27)(H,25,28). The molecule has 9 heteroatoms. The Bertz CT molecular complexity index is 1070. The predicted octanol–water partition coefficient (Wildman–Crippen LogP) is 4.55. The van der Waals surface area contributed by atoms with Gasteiger partial charge in [0.25, 0.3) is 11.6 Å². The fraction of sp³-hybridized carbons (Fsp3) is 0.0476. The molecule has 3 rings (SSSR count). The summed E-state index contributed by atoms with van der Waals surface area (Å²) in [5.41, 5.74) is 1.91. The second-order valence-corrected chi connectivity index (χ2v) is 6.65. The minimum atomic E-state index is -0.511. The number of carbonyl (C=O) groups excluding carboxylic acids is 2. The lowest BCUT2D eigenvalue weighted by Gasteiger charge is -2.13. The van der Waals surface area contributed by atoms with Crippen LogP contribution in [0.15, 0.2) is 72.8 Å². The topological polar surface area (TPSA) is 113 Å². The molecule has 0 fully saturated rings. The molecule has 0 aliphatic rings. The monoisotopic (exact) mass is 424 g/mol. The lowest BCUT2D eigenvalue weighted by Crippen LogP contribution is -2.22. The van der Waals surface area contributed by atoms with Crippen LogP contribution in [0.3, 0.4) is 0 Å². The van der Waals surface area contributed by atoms with Crippen LogP contribution in [0.4, 0.5) is 22.7 Å². The molecule has 0 spiro atoms. The van der Waals surface area contributed by atoms with Crippen molar-refractivity contribution in [2.45, 2.75) is 0 Å². The molecule has 3 aromatic rings. The third-order valence-electron chi connectivity index (χ3n) is 4.08. The molecule has 152 valence electrons. The Morgan fingerprint density at radius 2 is 1.50 bits per heavy atom. The van der Waals surface area contributed by atoms with Gasteiger partial charge in [0.2, 0.25) is 5.91 Å². The summed E-state index contributed by atoms with van der Waals surface area (Å²) in [5.74, 6) is -0.654. The molecule has 0 heterocycles. The first-order valence-corrected chi connectivity index (χ1v) is 9.24. The second-order valence-electron chi connectivity index (χ2n) is 6.21. The van der Waals surface area contributed by atoms with Crippen LogP contribution in [0.1, 0.15) is 10.4 Å². The summed E-state index contributed by atoms with van der Waals surface area (Å²) in [6, 6.07) is 19.0. The summed E-state index contributed by atoms with van der Waals surface area (Å²) in [6.45, 7) is -0.0647. The van der Waals surface area contributed by atoms with Crippen molar-refractivity contribution in [3.8, 4) is 0 Å². The molecule has 0 atom stereocenters. The van der Waals surface area contributed by atoms with Crippen molar-refractivity contribution in [2.24, 2.45) is 0 Å². The molecular weight excluding hydrogens is 408 g/mol. The molecule has 8 nitrogen and oxygen atoms in total. The molecule has 3 aromatic carbocycles. The van der Waals surface area contributed by atoms with Crippen LogP contribution in [-0.4, -0.2) is 23.3 Å². The maximum Gasteiger partial charge on any atom is 0.269 e. The Kier molecular flexibility index (Phi) is 6.61. The minimum Gasteiger partial charge on any atom is -0.374 e. The van der Waals surface area contributed by atoms with E-state index in [1.165, 1.54) is 24.3 Å². The SMILES string of the molecule is O=C(CNc1ccccc1NC(=O)c1ccc(Cl)cc1)Nc1ccc([N+](=O)[O-])cc1. The number of para-hydroxylation sites is 2. The number of anilines is 3. The van der Waals surface area contributed by atoms with E-state index < -0.39 is 4.92 Å². The summed E-state index contributed by atoms with van der Waals surface area (Å²) < 4.78 is 0. The highest BCUT2D eigenvalue weighted by Gasteiger charge is 2.11. The Morgan fingerprint density at radius 1 is 0.867 bits per heavy atom. The predicted molar refractivity (Wildman–Crippen MR) is 116 cm³/mol. The third-order valence-corrected chi connectivity index (χ3v) is 4.33. The number of benzene rings is 3. The van der Waals surface area contributed by atoms with Gasteiger partial charge >= 0.3 is 0 Å². The van der Waals surface area contributed by atoms with E-state index in [-0.39, 0.29) is 24.0 Å². The fourth-order valence-electron chi connectivity index (χ4n) is 2.59. The second kappa shape index (κ2) is 9.53. The molecule has 0 saturated heterocycles. The molecule has 0 saturated carbocycles. The number of non-ortho nitro benzene ring substituents is 1. The number of hydrogen-bond acceptors (Lipinski definition) is 5.